The second-order valence-electron chi connectivity index (χ2n) is 6.68. The number of benzene rings is 1. The number of hydrogen-bond donors (Lipinski definition) is 1. The van der Waals surface area contributed by atoms with Crippen molar-refractivity contribution in [3.05, 3.63) is 47.3 Å². The normalized spacial score (nSPS) is 15.2. The van der Waals surface area contributed by atoms with Gasteiger partial charge in [0, 0.05) is 24.2 Å². The second kappa shape index (κ2) is 7.95. The molecule has 0 bridgehead atoms. The molecule has 0 unspecified atom stereocenters. The highest BCUT2D eigenvalue weighted by atomic mass is 32.2. The van der Waals surface area contributed by atoms with E-state index in [1.165, 1.54) is 17.3 Å². The lowest BCUT2D eigenvalue weighted by Crippen LogP contribution is -2.40. The molecule has 26 heavy (non-hydrogen) atoms. The number of hydrogen-bond acceptors (Lipinski definition) is 4. The molecule has 0 aliphatic carbocycles. The lowest BCUT2D eigenvalue weighted by atomic mass is 10.1. The summed E-state index contributed by atoms with van der Waals surface area (Å²) in [7, 11) is 0. The molecule has 1 aliphatic rings. The first kappa shape index (κ1) is 18.5. The molecule has 2 aromatic rings. The fraction of sp³-hybridized carbons (Fsp3) is 0.421. The molecule has 7 heteroatoms. The molecule has 2 heterocycles. The number of carboxylic acids is 1. The Balaban J connectivity index is 1.51. The number of nitrogens with zero attached hydrogens (tertiary/aromatic N) is 3. The first-order valence-electron chi connectivity index (χ1n) is 8.69. The van der Waals surface area contributed by atoms with Crippen molar-refractivity contribution < 1.29 is 14.7 Å². The number of carboxylic acid groups (broad SMARTS) is 1. The van der Waals surface area contributed by atoms with Crippen LogP contribution in [0, 0.1) is 13.8 Å². The summed E-state index contributed by atoms with van der Waals surface area (Å²) >= 11 is 1.59. The van der Waals surface area contributed by atoms with Gasteiger partial charge in [-0.25, -0.2) is 4.79 Å². The van der Waals surface area contributed by atoms with Gasteiger partial charge in [-0.15, -0.1) is 11.8 Å². The van der Waals surface area contributed by atoms with Gasteiger partial charge in [0.2, 0.25) is 5.91 Å². The zero-order valence-electron chi connectivity index (χ0n) is 15.0. The average molecular weight is 373 g/mol. The van der Waals surface area contributed by atoms with Crippen molar-refractivity contribution in [2.24, 2.45) is 0 Å². The van der Waals surface area contributed by atoms with E-state index in [9.17, 15) is 9.59 Å². The Morgan fingerprint density at radius 3 is 2.65 bits per heavy atom. The Hall–Kier alpha value is -2.28. The maximum absolute atomic E-state index is 12.5. The third-order valence-electron chi connectivity index (χ3n) is 4.73. The van der Waals surface area contributed by atoms with Gasteiger partial charge in [-0.1, -0.05) is 17.7 Å². The van der Waals surface area contributed by atoms with E-state index in [1.807, 2.05) is 4.90 Å². The topological polar surface area (TPSA) is 75.4 Å². The number of carbonyl (C=O) groups is 2. The fourth-order valence-corrected chi connectivity index (χ4v) is 4.15. The molecule has 0 atom stereocenters. The summed E-state index contributed by atoms with van der Waals surface area (Å²) < 4.78 is 1.72. The van der Waals surface area contributed by atoms with Crippen molar-refractivity contribution in [1.82, 2.24) is 14.7 Å². The predicted octanol–water partition coefficient (Wildman–Crippen LogP) is 3.15. The Morgan fingerprint density at radius 2 is 2.00 bits per heavy atom. The molecule has 1 aromatic carbocycles. The highest BCUT2D eigenvalue weighted by Gasteiger charge is 2.24. The van der Waals surface area contributed by atoms with Gasteiger partial charge in [-0.2, -0.15) is 5.10 Å². The van der Waals surface area contributed by atoms with Crippen LogP contribution in [0.15, 0.2) is 35.5 Å². The molecule has 0 spiro atoms. The minimum Gasteiger partial charge on any atom is -0.478 e. The first-order chi connectivity index (χ1) is 12.4. The molecule has 1 aliphatic heterocycles. The van der Waals surface area contributed by atoms with Crippen LogP contribution in [0.4, 0.5) is 0 Å². The van der Waals surface area contributed by atoms with Gasteiger partial charge in [-0.3, -0.25) is 9.48 Å². The number of thioether (sulfide) groups is 1. The number of aromatic carboxylic acids is 1. The van der Waals surface area contributed by atoms with Crippen LogP contribution in [-0.2, 0) is 4.79 Å². The summed E-state index contributed by atoms with van der Waals surface area (Å²) in [6.07, 6.45) is 4.53. The van der Waals surface area contributed by atoms with Crippen LogP contribution in [0.1, 0.15) is 40.4 Å². The van der Waals surface area contributed by atoms with Crippen LogP contribution in [0.5, 0.6) is 0 Å². The number of likely N-dealkylation sites (tertiary alicyclic amines) is 1. The van der Waals surface area contributed by atoms with E-state index in [0.29, 0.717) is 18.8 Å². The van der Waals surface area contributed by atoms with Crippen LogP contribution in [0.2, 0.25) is 0 Å². The van der Waals surface area contributed by atoms with Crippen LogP contribution >= 0.6 is 11.8 Å². The van der Waals surface area contributed by atoms with Gasteiger partial charge in [0.1, 0.15) is 0 Å². The maximum Gasteiger partial charge on any atom is 0.338 e. The molecule has 138 valence electrons. The van der Waals surface area contributed by atoms with Gasteiger partial charge >= 0.3 is 5.97 Å². The van der Waals surface area contributed by atoms with E-state index in [-0.39, 0.29) is 17.5 Å². The minimum atomic E-state index is -0.965. The summed E-state index contributed by atoms with van der Waals surface area (Å²) in [5.41, 5.74) is 2.60. The largest absolute Gasteiger partial charge is 0.478 e. The molecule has 0 saturated carbocycles. The Kier molecular flexibility index (Phi) is 5.66. The third kappa shape index (κ3) is 4.27. The van der Waals surface area contributed by atoms with E-state index in [1.54, 1.807) is 22.6 Å². The van der Waals surface area contributed by atoms with Crippen LogP contribution in [-0.4, -0.2) is 50.5 Å². The average Bonchev–Trinajstić information content (AvgIpc) is 3.13. The van der Waals surface area contributed by atoms with E-state index < -0.39 is 5.97 Å². The highest BCUT2D eigenvalue weighted by molar-refractivity contribution is 8.00. The van der Waals surface area contributed by atoms with E-state index in [0.717, 1.165) is 17.7 Å². The molecular weight excluding hydrogens is 350 g/mol. The first-order valence-corrected chi connectivity index (χ1v) is 9.68. The molecule has 6 nitrogen and oxygen atoms in total. The zero-order valence-corrected chi connectivity index (χ0v) is 15.8. The Bertz CT molecular complexity index is 810. The van der Waals surface area contributed by atoms with Gasteiger partial charge < -0.3 is 10.0 Å². The number of piperidine rings is 1. The number of carbonyl (C=O) groups excluding carboxylic acids is 1. The number of amides is 1. The summed E-state index contributed by atoms with van der Waals surface area (Å²) in [5, 5.41) is 13.1. The molecule has 3 rings (SSSR count). The number of aromatic nitrogens is 2. The van der Waals surface area contributed by atoms with Crippen molar-refractivity contribution in [3.8, 4) is 0 Å². The van der Waals surface area contributed by atoms with Crippen LogP contribution in [0.3, 0.4) is 0 Å². The van der Waals surface area contributed by atoms with Crippen molar-refractivity contribution in [3.63, 3.8) is 0 Å². The maximum atomic E-state index is 12.5. The Morgan fingerprint density at radius 1 is 1.27 bits per heavy atom. The summed E-state index contributed by atoms with van der Waals surface area (Å²) in [6.45, 7) is 5.48. The molecule has 1 N–H and O–H groups in total. The van der Waals surface area contributed by atoms with Crippen molar-refractivity contribution in [2.45, 2.75) is 37.6 Å². The van der Waals surface area contributed by atoms with Crippen molar-refractivity contribution in [1.29, 1.82) is 0 Å². The minimum absolute atomic E-state index is 0.152. The van der Waals surface area contributed by atoms with Crippen LogP contribution in [0.25, 0.3) is 0 Å². The van der Waals surface area contributed by atoms with E-state index in [2.05, 4.69) is 37.1 Å². The lowest BCUT2D eigenvalue weighted by Gasteiger charge is -2.32. The molecule has 1 amide bonds. The number of aryl methyl sites for hydroxylation is 2. The van der Waals surface area contributed by atoms with Gasteiger partial charge in [0.05, 0.1) is 23.6 Å². The quantitative estimate of drug-likeness (QED) is 0.815. The van der Waals surface area contributed by atoms with Gasteiger partial charge in [-0.05, 0) is 38.3 Å². The summed E-state index contributed by atoms with van der Waals surface area (Å²) in [4.78, 5) is 26.5. The smallest absolute Gasteiger partial charge is 0.338 e. The van der Waals surface area contributed by atoms with Crippen molar-refractivity contribution >= 4 is 23.6 Å². The summed E-state index contributed by atoms with van der Waals surface area (Å²) in [5.74, 6) is -0.367. The monoisotopic (exact) mass is 373 g/mol. The number of rotatable bonds is 5. The highest BCUT2D eigenvalue weighted by Crippen LogP contribution is 2.26. The molecular formula is C19H23N3O3S. The van der Waals surface area contributed by atoms with Crippen LogP contribution < -0.4 is 0 Å². The summed E-state index contributed by atoms with van der Waals surface area (Å²) in [6, 6.07) is 6.44. The Labute approximate surface area is 157 Å². The second-order valence-corrected chi connectivity index (χ2v) is 7.70. The van der Waals surface area contributed by atoms with Gasteiger partial charge in [0.25, 0.3) is 0 Å². The van der Waals surface area contributed by atoms with E-state index >= 15 is 0 Å². The molecule has 0 radical (unpaired) electrons. The SMILES string of the molecule is Cc1ccc(C)c(SCC(=O)N2CCC(n3cc(C(=O)O)cn3)CC2)c1. The molecule has 1 aromatic heterocycles. The molecule has 1 fully saturated rings. The van der Waals surface area contributed by atoms with E-state index in [4.69, 9.17) is 5.11 Å². The predicted molar refractivity (Wildman–Crippen MR) is 101 cm³/mol. The standard InChI is InChI=1S/C19H23N3O3S/c1-13-3-4-14(2)17(9-13)26-12-18(23)21-7-5-16(6-8-21)22-11-15(10-20-22)19(24)25/h3-4,9-11,16H,5-8,12H2,1-2H3,(H,24,25). The zero-order chi connectivity index (χ0) is 18.7. The molecule has 1 saturated heterocycles. The van der Waals surface area contributed by atoms with Crippen molar-refractivity contribution in [2.75, 3.05) is 18.8 Å². The lowest BCUT2D eigenvalue weighted by molar-refractivity contribution is -0.129. The van der Waals surface area contributed by atoms with Gasteiger partial charge in [0.15, 0.2) is 0 Å². The fourth-order valence-electron chi connectivity index (χ4n) is 3.12. The third-order valence-corrected chi connectivity index (χ3v) is 5.88.